The Kier molecular flexibility index (Phi) is 32.8. The van der Waals surface area contributed by atoms with Gasteiger partial charge in [0.2, 0.25) is 0 Å². The van der Waals surface area contributed by atoms with Crippen LogP contribution in [0.1, 0.15) is 194 Å². The van der Waals surface area contributed by atoms with E-state index in [9.17, 15) is 44.6 Å². The summed E-state index contributed by atoms with van der Waals surface area (Å²) < 4.78 is 39.3. The number of aliphatic hydroxyl groups is 5. The number of unbranched alkanes of at least 4 members (excludes halogenated alkanes) is 20. The minimum absolute atomic E-state index is 0.0170. The lowest BCUT2D eigenvalue weighted by Crippen LogP contribution is -2.64. The molecule has 0 amide bonds. The zero-order valence-electron chi connectivity index (χ0n) is 39.3. The van der Waals surface area contributed by atoms with Crippen LogP contribution in [0.4, 0.5) is 0 Å². The second kappa shape index (κ2) is 36.1. The number of ether oxygens (including phenoxy) is 3. The molecular formula is C49H87O14P. The second-order valence-electron chi connectivity index (χ2n) is 17.7. The SMILES string of the molecule is CCCCC/C=C\CC1OC1C/C=C\C/C=C\CCCC(=O)O[C@H](COC(=O)CCCCCCCCCCCCCCCCCCC)COP(=O)(O)OC1[C@H](O)[C@H](O)C(O)[C@H](O)[C@H]1O. The molecule has 15 heteroatoms. The van der Waals surface area contributed by atoms with E-state index < -0.39 is 75.7 Å². The Labute approximate surface area is 384 Å². The zero-order chi connectivity index (χ0) is 46.8. The molecule has 372 valence electrons. The first-order chi connectivity index (χ1) is 30.9. The Hall–Kier alpha value is -1.97. The number of esters is 2. The molecule has 2 aliphatic rings. The first-order valence-corrected chi connectivity index (χ1v) is 26.4. The monoisotopic (exact) mass is 931 g/mol. The average Bonchev–Trinajstić information content (AvgIpc) is 4.03. The van der Waals surface area contributed by atoms with Crippen molar-refractivity contribution in [1.29, 1.82) is 0 Å². The van der Waals surface area contributed by atoms with Gasteiger partial charge < -0.3 is 44.6 Å². The summed E-state index contributed by atoms with van der Waals surface area (Å²) in [6.07, 6.45) is 29.4. The molecule has 0 spiro atoms. The summed E-state index contributed by atoms with van der Waals surface area (Å²) in [7, 11) is -5.14. The van der Waals surface area contributed by atoms with Gasteiger partial charge in [0.1, 0.15) is 43.2 Å². The topological polar surface area (TPSA) is 222 Å². The van der Waals surface area contributed by atoms with E-state index in [1.54, 1.807) is 0 Å². The Balaban J connectivity index is 1.70. The van der Waals surface area contributed by atoms with Crippen molar-refractivity contribution < 1.29 is 67.8 Å². The molecule has 0 aromatic heterocycles. The standard InChI is InChI=1S/C49H87O14P/c1-3-5-7-9-11-12-13-14-15-16-17-18-19-20-23-27-31-35-42(50)59-37-39(38-60-64(57,58)63-49-47(55)45(53)44(52)46(54)48(49)56)61-43(51)36-32-28-24-21-22-26-30-34-41-40(62-41)33-29-25-10-8-6-4-2/h21,24-26,29-30,39-41,44-49,52-56H,3-20,22-23,27-28,31-38H2,1-2H3,(H,57,58)/b24-21-,29-25-,30-26-/t39-,40?,41?,44?,45-,46+,47-,48-,49?/m1/s1. The number of hydrogen-bond donors (Lipinski definition) is 6. The number of aliphatic hydroxyl groups excluding tert-OH is 5. The van der Waals surface area contributed by atoms with Crippen LogP contribution in [0.5, 0.6) is 0 Å². The van der Waals surface area contributed by atoms with Crippen LogP contribution in [0.2, 0.25) is 0 Å². The van der Waals surface area contributed by atoms with E-state index in [4.69, 9.17) is 23.3 Å². The Morgan fingerprint density at radius 2 is 0.984 bits per heavy atom. The number of carbonyl (C=O) groups excluding carboxylic acids is 2. The molecule has 2 fully saturated rings. The fourth-order valence-corrected chi connectivity index (χ4v) is 8.71. The number of allylic oxidation sites excluding steroid dienone is 4. The van der Waals surface area contributed by atoms with Crippen molar-refractivity contribution in [2.75, 3.05) is 13.2 Å². The van der Waals surface area contributed by atoms with Crippen molar-refractivity contribution in [3.05, 3.63) is 36.5 Å². The van der Waals surface area contributed by atoms with Crippen LogP contribution < -0.4 is 0 Å². The molecule has 0 aromatic carbocycles. The zero-order valence-corrected chi connectivity index (χ0v) is 40.2. The molecule has 0 radical (unpaired) electrons. The van der Waals surface area contributed by atoms with Crippen molar-refractivity contribution >= 4 is 19.8 Å². The molecule has 1 heterocycles. The molecule has 5 unspecified atom stereocenters. The number of epoxide rings is 1. The Bertz CT molecular complexity index is 1330. The van der Waals surface area contributed by atoms with Gasteiger partial charge in [0.05, 0.1) is 18.8 Å². The molecule has 64 heavy (non-hydrogen) atoms. The van der Waals surface area contributed by atoms with Crippen molar-refractivity contribution in [2.45, 2.75) is 249 Å². The summed E-state index contributed by atoms with van der Waals surface area (Å²) in [5.41, 5.74) is 0. The number of phosphoric ester groups is 1. The van der Waals surface area contributed by atoms with Crippen molar-refractivity contribution in [3.8, 4) is 0 Å². The molecular weight excluding hydrogens is 843 g/mol. The quantitative estimate of drug-likeness (QED) is 0.0111. The third-order valence-corrected chi connectivity index (χ3v) is 12.9. The van der Waals surface area contributed by atoms with E-state index in [0.29, 0.717) is 25.4 Å². The fraction of sp³-hybridized carbons (Fsp3) is 0.837. The highest BCUT2D eigenvalue weighted by molar-refractivity contribution is 7.47. The van der Waals surface area contributed by atoms with Crippen molar-refractivity contribution in [3.63, 3.8) is 0 Å². The van der Waals surface area contributed by atoms with Crippen LogP contribution in [0.25, 0.3) is 0 Å². The maximum atomic E-state index is 12.8. The highest BCUT2D eigenvalue weighted by atomic mass is 31.2. The predicted molar refractivity (Wildman–Crippen MR) is 248 cm³/mol. The molecule has 2 rings (SSSR count). The molecule has 1 aliphatic heterocycles. The van der Waals surface area contributed by atoms with Gasteiger partial charge >= 0.3 is 19.8 Å². The number of rotatable bonds is 40. The smallest absolute Gasteiger partial charge is 0.462 e. The molecule has 14 nitrogen and oxygen atoms in total. The molecule has 0 bridgehead atoms. The first kappa shape index (κ1) is 58.2. The molecule has 6 N–H and O–H groups in total. The van der Waals surface area contributed by atoms with Gasteiger partial charge in [-0.1, -0.05) is 166 Å². The van der Waals surface area contributed by atoms with Crippen LogP contribution in [0.15, 0.2) is 36.5 Å². The number of phosphoric acid groups is 1. The van der Waals surface area contributed by atoms with Crippen molar-refractivity contribution in [1.82, 2.24) is 0 Å². The number of carbonyl (C=O) groups is 2. The van der Waals surface area contributed by atoms with Crippen LogP contribution in [0, 0.1) is 0 Å². The van der Waals surface area contributed by atoms with Gasteiger partial charge in [-0.05, 0) is 51.4 Å². The van der Waals surface area contributed by atoms with Crippen molar-refractivity contribution in [2.24, 2.45) is 0 Å². The summed E-state index contributed by atoms with van der Waals surface area (Å²) in [5, 5.41) is 50.2. The molecule has 1 aliphatic carbocycles. The summed E-state index contributed by atoms with van der Waals surface area (Å²) in [5.74, 6) is -1.16. The van der Waals surface area contributed by atoms with Gasteiger partial charge in [-0.2, -0.15) is 0 Å². The van der Waals surface area contributed by atoms with E-state index in [2.05, 4.69) is 38.2 Å². The van der Waals surface area contributed by atoms with Gasteiger partial charge in [-0.15, -0.1) is 0 Å². The summed E-state index contributed by atoms with van der Waals surface area (Å²) in [6.45, 7) is 3.24. The Morgan fingerprint density at radius 1 is 0.547 bits per heavy atom. The summed E-state index contributed by atoms with van der Waals surface area (Å²) >= 11 is 0. The van der Waals surface area contributed by atoms with Crippen LogP contribution in [-0.2, 0) is 37.4 Å². The van der Waals surface area contributed by atoms with Gasteiger partial charge in [-0.3, -0.25) is 18.6 Å². The average molecular weight is 931 g/mol. The maximum Gasteiger partial charge on any atom is 0.472 e. The van der Waals surface area contributed by atoms with E-state index in [-0.39, 0.29) is 18.9 Å². The molecule has 0 aromatic rings. The van der Waals surface area contributed by atoms with Gasteiger partial charge in [0.15, 0.2) is 6.10 Å². The van der Waals surface area contributed by atoms with Gasteiger partial charge in [0.25, 0.3) is 0 Å². The Morgan fingerprint density at radius 3 is 1.55 bits per heavy atom. The van der Waals surface area contributed by atoms with Crippen LogP contribution in [0.3, 0.4) is 0 Å². The lowest BCUT2D eigenvalue weighted by atomic mass is 9.85. The van der Waals surface area contributed by atoms with Gasteiger partial charge in [-0.25, -0.2) is 4.57 Å². The minimum Gasteiger partial charge on any atom is -0.462 e. The molecule has 1 saturated heterocycles. The minimum atomic E-state index is -5.14. The first-order valence-electron chi connectivity index (χ1n) is 24.9. The van der Waals surface area contributed by atoms with Crippen LogP contribution in [-0.4, -0.2) is 111 Å². The fourth-order valence-electron chi connectivity index (χ4n) is 7.73. The lowest BCUT2D eigenvalue weighted by molar-refractivity contribution is -0.220. The van der Waals surface area contributed by atoms with Gasteiger partial charge in [0, 0.05) is 12.8 Å². The third-order valence-electron chi connectivity index (χ3n) is 11.9. The van der Waals surface area contributed by atoms with E-state index in [1.807, 2.05) is 12.2 Å². The lowest BCUT2D eigenvalue weighted by Gasteiger charge is -2.41. The largest absolute Gasteiger partial charge is 0.472 e. The second-order valence-corrected chi connectivity index (χ2v) is 19.1. The van der Waals surface area contributed by atoms with E-state index in [1.165, 1.54) is 103 Å². The van der Waals surface area contributed by atoms with Crippen LogP contribution >= 0.6 is 7.82 Å². The normalized spacial score (nSPS) is 25.0. The predicted octanol–water partition coefficient (Wildman–Crippen LogP) is 9.16. The summed E-state index contributed by atoms with van der Waals surface area (Å²) in [4.78, 5) is 35.8. The third kappa shape index (κ3) is 27.6. The highest BCUT2D eigenvalue weighted by Crippen LogP contribution is 2.47. The maximum absolute atomic E-state index is 12.8. The summed E-state index contributed by atoms with van der Waals surface area (Å²) in [6, 6.07) is 0. The highest BCUT2D eigenvalue weighted by Gasteiger charge is 2.51. The molecule has 1 saturated carbocycles. The van der Waals surface area contributed by atoms with E-state index >= 15 is 0 Å². The number of hydrogen-bond acceptors (Lipinski definition) is 13. The molecule has 10 atom stereocenters. The van der Waals surface area contributed by atoms with E-state index in [0.717, 1.165) is 44.9 Å².